The van der Waals surface area contributed by atoms with Gasteiger partial charge in [-0.2, -0.15) is 0 Å². The summed E-state index contributed by atoms with van der Waals surface area (Å²) in [5.74, 6) is 0. The minimum atomic E-state index is -0.138. The zero-order valence-corrected chi connectivity index (χ0v) is 53.0. The van der Waals surface area contributed by atoms with Gasteiger partial charge in [0.2, 0.25) is 6.71 Å². The topological polar surface area (TPSA) is 19.6 Å². The van der Waals surface area contributed by atoms with Gasteiger partial charge < -0.3 is 23.8 Å². The lowest BCUT2D eigenvalue weighted by Crippen LogP contribution is -2.64. The molecule has 0 saturated carbocycles. The average molecular weight is 1240 g/mol. The van der Waals surface area contributed by atoms with E-state index in [2.05, 4.69) is 370 Å². The fraction of sp³-hybridized carbons (Fsp3) is 0. The zero-order valence-electron chi connectivity index (χ0n) is 52.2. The molecule has 0 spiro atoms. The normalized spacial score (nSPS) is 13.1. The molecule has 0 fully saturated rings. The number of hydrogen-bond donors (Lipinski definition) is 0. The van der Waals surface area contributed by atoms with Gasteiger partial charge in [0.15, 0.2) is 0 Å². The molecule has 0 atom stereocenters. The van der Waals surface area contributed by atoms with Crippen LogP contribution in [0.15, 0.2) is 356 Å². The smallest absolute Gasteiger partial charge is 0.252 e. The first-order valence-corrected chi connectivity index (χ1v) is 34.0. The molecule has 4 aliphatic heterocycles. The minimum Gasteiger partial charge on any atom is -0.311 e. The lowest BCUT2D eigenvalue weighted by Gasteiger charge is -2.45. The van der Waals surface area contributed by atoms with Crippen molar-refractivity contribution < 1.29 is 0 Å². The second kappa shape index (κ2) is 21.8. The fourth-order valence-electron chi connectivity index (χ4n) is 16.5. The van der Waals surface area contributed by atoms with Gasteiger partial charge in [0.05, 0.1) is 28.1 Å². The van der Waals surface area contributed by atoms with Gasteiger partial charge in [0.1, 0.15) is 0 Å². The monoisotopic (exact) mass is 1240 g/mol. The lowest BCUT2D eigenvalue weighted by atomic mass is 9.31. The first-order valence-electron chi connectivity index (χ1n) is 33.1. The molecule has 6 heterocycles. The molecular formula is C88H57B2N5S. The molecule has 20 rings (SSSR count). The van der Waals surface area contributed by atoms with E-state index in [-0.39, 0.29) is 13.4 Å². The van der Waals surface area contributed by atoms with Crippen LogP contribution in [-0.4, -0.2) is 22.6 Å². The number of anilines is 9. The maximum atomic E-state index is 2.65. The first-order chi connectivity index (χ1) is 47.7. The van der Waals surface area contributed by atoms with Crippen molar-refractivity contribution in [1.82, 2.24) is 9.13 Å². The third-order valence-electron chi connectivity index (χ3n) is 20.3. The molecular weight excluding hydrogens is 1180 g/mol. The maximum Gasteiger partial charge on any atom is 0.252 e. The number of nitrogens with zero attached hydrogens (tertiary/aromatic N) is 5. The van der Waals surface area contributed by atoms with E-state index < -0.39 is 0 Å². The zero-order chi connectivity index (χ0) is 63.0. The van der Waals surface area contributed by atoms with E-state index >= 15 is 0 Å². The lowest BCUT2D eigenvalue weighted by molar-refractivity contribution is 1.12. The number of fused-ring (bicyclic) bond motifs is 10. The number of para-hydroxylation sites is 7. The Morgan fingerprint density at radius 3 is 1.04 bits per heavy atom. The third-order valence-corrected chi connectivity index (χ3v) is 21.4. The van der Waals surface area contributed by atoms with Crippen molar-refractivity contribution in [3.63, 3.8) is 0 Å². The highest BCUT2D eigenvalue weighted by Gasteiger charge is 2.48. The van der Waals surface area contributed by atoms with Gasteiger partial charge in [-0.15, -0.1) is 0 Å². The Bertz CT molecular complexity index is 5760. The van der Waals surface area contributed by atoms with Crippen LogP contribution in [0.1, 0.15) is 0 Å². The molecule has 96 heavy (non-hydrogen) atoms. The van der Waals surface area contributed by atoms with Crippen molar-refractivity contribution in [2.75, 3.05) is 14.7 Å². The predicted molar refractivity (Wildman–Crippen MR) is 406 cm³/mol. The van der Waals surface area contributed by atoms with E-state index in [0.717, 1.165) is 67.7 Å². The Hall–Kier alpha value is -12.0. The van der Waals surface area contributed by atoms with Crippen molar-refractivity contribution >= 4 is 131 Å². The maximum absolute atomic E-state index is 2.65. The van der Waals surface area contributed by atoms with Gasteiger partial charge in [-0.05, 0) is 141 Å². The summed E-state index contributed by atoms with van der Waals surface area (Å²) in [7, 11) is 0. The van der Waals surface area contributed by atoms with Crippen LogP contribution in [0, 0.1) is 0 Å². The van der Waals surface area contributed by atoms with Crippen molar-refractivity contribution in [3.8, 4) is 56.1 Å². The van der Waals surface area contributed by atoms with Crippen LogP contribution < -0.4 is 47.5 Å². The second-order valence-corrected chi connectivity index (χ2v) is 26.5. The first kappa shape index (κ1) is 54.6. The van der Waals surface area contributed by atoms with Gasteiger partial charge in [-0.3, -0.25) is 0 Å². The van der Waals surface area contributed by atoms with Crippen LogP contribution in [0.25, 0.3) is 77.9 Å². The average Bonchev–Trinajstić information content (AvgIpc) is 0.738. The molecule has 14 aromatic carbocycles. The number of benzene rings is 14. The van der Waals surface area contributed by atoms with E-state index in [1.54, 1.807) is 0 Å². The van der Waals surface area contributed by atoms with Crippen molar-refractivity contribution in [2.24, 2.45) is 0 Å². The highest BCUT2D eigenvalue weighted by Crippen LogP contribution is 2.52. The Morgan fingerprint density at radius 2 is 0.583 bits per heavy atom. The summed E-state index contributed by atoms with van der Waals surface area (Å²) in [6.07, 6.45) is 0. The molecule has 0 saturated heterocycles. The standard InChI is InChI=1S/C88H57B2N5S/c1-8-30-58(31-9-1)83-67-44-22-26-48-73(67)94(87(83)60-34-12-3-13-35-60)65-52-78-85-79(53-65)93(64-42-20-7-21-43-64)77-57-81-72(56-71(77)89(85)69-46-24-28-50-75(69)91(78)62-38-16-5-17-39-62)90-70-47-25-29-51-76(70)92(63-40-18-6-19-41-63)80-54-66(55-82(96-81)86(80)90)95-74-49-27-23-45-68(74)84(59-32-10-2-11-33-59)88(95)61-36-14-4-15-37-61/h1-57H. The van der Waals surface area contributed by atoms with E-state index in [9.17, 15) is 0 Å². The van der Waals surface area contributed by atoms with Crippen molar-refractivity contribution in [2.45, 2.75) is 9.79 Å². The van der Waals surface area contributed by atoms with Crippen LogP contribution in [0.3, 0.4) is 0 Å². The highest BCUT2D eigenvalue weighted by molar-refractivity contribution is 8.00. The van der Waals surface area contributed by atoms with Crippen LogP contribution >= 0.6 is 11.8 Å². The molecule has 0 N–H and O–H groups in total. The summed E-state index contributed by atoms with van der Waals surface area (Å²) in [6.45, 7) is -0.234. The van der Waals surface area contributed by atoms with Crippen LogP contribution in [0.4, 0.5) is 51.2 Å². The van der Waals surface area contributed by atoms with Gasteiger partial charge in [-0.1, -0.05) is 272 Å². The number of hydrogen-bond acceptors (Lipinski definition) is 4. The van der Waals surface area contributed by atoms with Crippen molar-refractivity contribution in [1.29, 1.82) is 0 Å². The van der Waals surface area contributed by atoms with E-state index in [4.69, 9.17) is 0 Å². The summed E-state index contributed by atoms with van der Waals surface area (Å²) < 4.78 is 5.10. The van der Waals surface area contributed by atoms with E-state index in [0.29, 0.717) is 0 Å². The quantitative estimate of drug-likeness (QED) is 0.134. The molecule has 0 unspecified atom stereocenters. The highest BCUT2D eigenvalue weighted by atomic mass is 32.2. The van der Waals surface area contributed by atoms with Gasteiger partial charge in [0.25, 0.3) is 6.71 Å². The molecule has 8 heteroatoms. The van der Waals surface area contributed by atoms with Gasteiger partial charge in [0, 0.05) is 88.6 Å². The number of rotatable bonds is 9. The molecule has 0 radical (unpaired) electrons. The Balaban J connectivity index is 0.878. The molecule has 4 aliphatic rings. The van der Waals surface area contributed by atoms with Crippen LogP contribution in [-0.2, 0) is 0 Å². The molecule has 0 aliphatic carbocycles. The van der Waals surface area contributed by atoms with E-state index in [1.165, 1.54) is 104 Å². The van der Waals surface area contributed by atoms with Crippen molar-refractivity contribution in [3.05, 3.63) is 346 Å². The van der Waals surface area contributed by atoms with E-state index in [1.807, 2.05) is 11.8 Å². The van der Waals surface area contributed by atoms with Gasteiger partial charge >= 0.3 is 0 Å². The third kappa shape index (κ3) is 8.22. The largest absolute Gasteiger partial charge is 0.311 e. The SMILES string of the molecule is c1ccc(-c2c(-c3ccccc3)n(-c3cc4c5c(c3)N(c3ccccc3)c3ccccc3B5c3cc5c(cc3S4)N(c3ccccc3)c3cc(-n4c(-c6ccccc6)c(-c6ccccc6)c6ccccc64)cc4c3B5c3ccccc3N4c3ccccc3)c3ccccc23)cc1. The molecule has 5 nitrogen and oxygen atoms in total. The summed E-state index contributed by atoms with van der Waals surface area (Å²) in [6, 6.07) is 129. The molecule has 0 bridgehead atoms. The fourth-order valence-corrected chi connectivity index (χ4v) is 17.7. The molecule has 446 valence electrons. The molecule has 0 amide bonds. The van der Waals surface area contributed by atoms with Gasteiger partial charge in [-0.25, -0.2) is 0 Å². The Kier molecular flexibility index (Phi) is 12.4. The Morgan fingerprint density at radius 1 is 0.229 bits per heavy atom. The number of aromatic nitrogens is 2. The van der Waals surface area contributed by atoms with Crippen LogP contribution in [0.5, 0.6) is 0 Å². The minimum absolute atomic E-state index is 0.0954. The van der Waals surface area contributed by atoms with Crippen LogP contribution in [0.2, 0.25) is 0 Å². The summed E-state index contributed by atoms with van der Waals surface area (Å²) in [5, 5.41) is 2.41. The summed E-state index contributed by atoms with van der Waals surface area (Å²) in [5.41, 5.74) is 32.0. The molecule has 16 aromatic rings. The molecule has 2 aromatic heterocycles. The predicted octanol–water partition coefficient (Wildman–Crippen LogP) is 19.1. The Labute approximate surface area is 562 Å². The summed E-state index contributed by atoms with van der Waals surface area (Å²) >= 11 is 1.92. The summed E-state index contributed by atoms with van der Waals surface area (Å²) in [4.78, 5) is 10.2. The second-order valence-electron chi connectivity index (χ2n) is 25.4.